The Balaban J connectivity index is 1.85. The highest BCUT2D eigenvalue weighted by Gasteiger charge is 2.11. The van der Waals surface area contributed by atoms with E-state index in [4.69, 9.17) is 4.74 Å². The molecule has 0 spiro atoms. The highest BCUT2D eigenvalue weighted by Crippen LogP contribution is 2.29. The van der Waals surface area contributed by atoms with Crippen molar-refractivity contribution in [2.45, 2.75) is 39.5 Å². The molecule has 0 aromatic heterocycles. The maximum atomic E-state index is 9.47. The van der Waals surface area contributed by atoms with Crippen LogP contribution in [0.25, 0.3) is 10.8 Å². The molecular weight excluding hydrogens is 322 g/mol. The van der Waals surface area contributed by atoms with E-state index in [1.165, 1.54) is 16.3 Å². The minimum atomic E-state index is 0.0962. The molecule has 3 heteroatoms. The summed E-state index contributed by atoms with van der Waals surface area (Å²) in [5.41, 5.74) is 3.55. The zero-order valence-corrected chi connectivity index (χ0v) is 15.5. The van der Waals surface area contributed by atoms with Crippen LogP contribution >= 0.6 is 0 Å². The number of hydrogen-bond acceptors (Lipinski definition) is 3. The number of fused-ring (bicyclic) bond motifs is 1. The Kier molecular flexibility index (Phi) is 6.26. The molecule has 3 rings (SSSR count). The molecule has 0 bridgehead atoms. The average molecular weight is 349 g/mol. The normalized spacial score (nSPS) is 12.3. The zero-order chi connectivity index (χ0) is 18.4. The van der Waals surface area contributed by atoms with Gasteiger partial charge in [0.1, 0.15) is 12.4 Å². The van der Waals surface area contributed by atoms with E-state index in [9.17, 15) is 5.11 Å². The maximum Gasteiger partial charge on any atom is 0.124 e. The SMILES string of the molecule is CC[C@H](CO)NCc1c(OCc2ccc(C)cc2)ccc2ccccc12. The van der Waals surface area contributed by atoms with E-state index in [0.717, 1.165) is 23.3 Å². The lowest BCUT2D eigenvalue weighted by Gasteiger charge is -2.18. The average Bonchev–Trinajstić information content (AvgIpc) is 2.68. The van der Waals surface area contributed by atoms with Crippen LogP contribution in [0.2, 0.25) is 0 Å². The largest absolute Gasteiger partial charge is 0.489 e. The quantitative estimate of drug-likeness (QED) is 0.625. The van der Waals surface area contributed by atoms with Gasteiger partial charge in [-0.15, -0.1) is 0 Å². The van der Waals surface area contributed by atoms with Crippen molar-refractivity contribution in [2.24, 2.45) is 0 Å². The number of aliphatic hydroxyl groups is 1. The van der Waals surface area contributed by atoms with E-state index in [-0.39, 0.29) is 12.6 Å². The molecule has 136 valence electrons. The van der Waals surface area contributed by atoms with Gasteiger partial charge in [-0.25, -0.2) is 0 Å². The van der Waals surface area contributed by atoms with E-state index in [1.807, 2.05) is 6.07 Å². The summed E-state index contributed by atoms with van der Waals surface area (Å²) in [5, 5.41) is 15.3. The van der Waals surface area contributed by atoms with Crippen LogP contribution in [0.3, 0.4) is 0 Å². The first-order valence-electron chi connectivity index (χ1n) is 9.24. The molecule has 2 N–H and O–H groups in total. The van der Waals surface area contributed by atoms with Crippen LogP contribution in [0, 0.1) is 6.92 Å². The van der Waals surface area contributed by atoms with Gasteiger partial charge in [0.15, 0.2) is 0 Å². The number of nitrogens with one attached hydrogen (secondary N) is 1. The minimum absolute atomic E-state index is 0.0962. The molecule has 0 aliphatic rings. The number of benzene rings is 3. The Hall–Kier alpha value is -2.36. The third-order valence-electron chi connectivity index (χ3n) is 4.79. The summed E-state index contributed by atoms with van der Waals surface area (Å²) in [5.74, 6) is 0.893. The highest BCUT2D eigenvalue weighted by molar-refractivity contribution is 5.87. The first-order chi connectivity index (χ1) is 12.7. The fourth-order valence-corrected chi connectivity index (χ4v) is 3.06. The van der Waals surface area contributed by atoms with Gasteiger partial charge in [0.25, 0.3) is 0 Å². The summed E-state index contributed by atoms with van der Waals surface area (Å²) in [7, 11) is 0. The van der Waals surface area contributed by atoms with Gasteiger partial charge in [-0.3, -0.25) is 0 Å². The maximum absolute atomic E-state index is 9.47. The van der Waals surface area contributed by atoms with Gasteiger partial charge in [0.2, 0.25) is 0 Å². The predicted octanol–water partition coefficient (Wildman–Crippen LogP) is 4.59. The first-order valence-corrected chi connectivity index (χ1v) is 9.24. The Bertz CT molecular complexity index is 838. The second kappa shape index (κ2) is 8.84. The lowest BCUT2D eigenvalue weighted by Crippen LogP contribution is -2.31. The van der Waals surface area contributed by atoms with Gasteiger partial charge in [-0.05, 0) is 35.7 Å². The molecule has 0 unspecified atom stereocenters. The second-order valence-corrected chi connectivity index (χ2v) is 6.71. The van der Waals surface area contributed by atoms with E-state index < -0.39 is 0 Å². The molecule has 3 aromatic carbocycles. The molecule has 0 radical (unpaired) electrons. The van der Waals surface area contributed by atoms with Gasteiger partial charge in [0, 0.05) is 18.2 Å². The van der Waals surface area contributed by atoms with E-state index in [2.05, 4.69) is 73.8 Å². The van der Waals surface area contributed by atoms with Gasteiger partial charge in [-0.2, -0.15) is 0 Å². The molecule has 0 saturated heterocycles. The lowest BCUT2D eigenvalue weighted by molar-refractivity contribution is 0.237. The second-order valence-electron chi connectivity index (χ2n) is 6.71. The van der Waals surface area contributed by atoms with Crippen molar-refractivity contribution in [2.75, 3.05) is 6.61 Å². The van der Waals surface area contributed by atoms with E-state index >= 15 is 0 Å². The molecule has 3 nitrogen and oxygen atoms in total. The van der Waals surface area contributed by atoms with Crippen molar-refractivity contribution >= 4 is 10.8 Å². The van der Waals surface area contributed by atoms with Crippen molar-refractivity contribution in [3.8, 4) is 5.75 Å². The highest BCUT2D eigenvalue weighted by atomic mass is 16.5. The van der Waals surface area contributed by atoms with E-state index in [0.29, 0.717) is 13.2 Å². The number of ether oxygens (including phenoxy) is 1. The number of rotatable bonds is 8. The smallest absolute Gasteiger partial charge is 0.124 e. The summed E-state index contributed by atoms with van der Waals surface area (Å²) in [6.45, 7) is 5.52. The number of hydrogen-bond donors (Lipinski definition) is 2. The first kappa shape index (κ1) is 18.4. The third-order valence-corrected chi connectivity index (χ3v) is 4.79. The van der Waals surface area contributed by atoms with Crippen LogP contribution in [0.1, 0.15) is 30.0 Å². The Labute approximate surface area is 155 Å². The van der Waals surface area contributed by atoms with Gasteiger partial charge in [-0.1, -0.05) is 67.1 Å². The molecule has 0 saturated carbocycles. The molecule has 3 aromatic rings. The Morgan fingerprint density at radius 3 is 2.50 bits per heavy atom. The summed E-state index contributed by atoms with van der Waals surface area (Å²) in [4.78, 5) is 0. The van der Waals surface area contributed by atoms with Crippen molar-refractivity contribution in [3.63, 3.8) is 0 Å². The topological polar surface area (TPSA) is 41.5 Å². The molecule has 0 aliphatic carbocycles. The van der Waals surface area contributed by atoms with Gasteiger partial charge < -0.3 is 15.2 Å². The summed E-state index contributed by atoms with van der Waals surface area (Å²) >= 11 is 0. The minimum Gasteiger partial charge on any atom is -0.489 e. The van der Waals surface area contributed by atoms with Crippen LogP contribution in [0.15, 0.2) is 60.7 Å². The standard InChI is InChI=1S/C23H27NO2/c1-3-20(15-25)24-14-22-21-7-5-4-6-19(21)12-13-23(22)26-16-18-10-8-17(2)9-11-18/h4-13,20,24-25H,3,14-16H2,1-2H3/t20-/m1/s1. The number of aliphatic hydroxyl groups excluding tert-OH is 1. The van der Waals surface area contributed by atoms with Crippen LogP contribution in [0.5, 0.6) is 5.75 Å². The molecule has 0 aliphatic heterocycles. The Morgan fingerprint density at radius 2 is 1.77 bits per heavy atom. The van der Waals surface area contributed by atoms with Crippen molar-refractivity contribution in [1.29, 1.82) is 0 Å². The van der Waals surface area contributed by atoms with Gasteiger partial charge in [0.05, 0.1) is 6.61 Å². The fraction of sp³-hybridized carbons (Fsp3) is 0.304. The van der Waals surface area contributed by atoms with E-state index in [1.54, 1.807) is 0 Å². The molecule has 26 heavy (non-hydrogen) atoms. The third kappa shape index (κ3) is 4.43. The monoisotopic (exact) mass is 349 g/mol. The molecule has 0 amide bonds. The molecule has 0 fully saturated rings. The van der Waals surface area contributed by atoms with Crippen LogP contribution in [-0.2, 0) is 13.2 Å². The van der Waals surface area contributed by atoms with Crippen LogP contribution in [0.4, 0.5) is 0 Å². The molecule has 1 atom stereocenters. The molecule has 0 heterocycles. The van der Waals surface area contributed by atoms with Gasteiger partial charge >= 0.3 is 0 Å². The fourth-order valence-electron chi connectivity index (χ4n) is 3.06. The zero-order valence-electron chi connectivity index (χ0n) is 15.5. The predicted molar refractivity (Wildman–Crippen MR) is 107 cm³/mol. The van der Waals surface area contributed by atoms with Crippen molar-refractivity contribution in [1.82, 2.24) is 5.32 Å². The lowest BCUT2D eigenvalue weighted by atomic mass is 10.0. The summed E-state index contributed by atoms with van der Waals surface area (Å²) < 4.78 is 6.17. The Morgan fingerprint density at radius 1 is 1.00 bits per heavy atom. The van der Waals surface area contributed by atoms with Crippen molar-refractivity contribution in [3.05, 3.63) is 77.4 Å². The number of aryl methyl sites for hydroxylation is 1. The summed E-state index contributed by atoms with van der Waals surface area (Å²) in [6.07, 6.45) is 0.890. The van der Waals surface area contributed by atoms with Crippen LogP contribution < -0.4 is 10.1 Å². The summed E-state index contributed by atoms with van der Waals surface area (Å²) in [6, 6.07) is 21.0. The van der Waals surface area contributed by atoms with Crippen molar-refractivity contribution < 1.29 is 9.84 Å². The van der Waals surface area contributed by atoms with Crippen LogP contribution in [-0.4, -0.2) is 17.8 Å². The molecular formula is C23H27NO2.